The van der Waals surface area contributed by atoms with Gasteiger partial charge in [-0.25, -0.2) is 0 Å². The van der Waals surface area contributed by atoms with Gasteiger partial charge in [-0.2, -0.15) is 0 Å². The van der Waals surface area contributed by atoms with Crippen molar-refractivity contribution in [2.24, 2.45) is 0 Å². The van der Waals surface area contributed by atoms with Crippen LogP contribution < -0.4 is 10.5 Å². The van der Waals surface area contributed by atoms with E-state index >= 15 is 0 Å². The molecule has 0 atom stereocenters. The SMILES string of the molecule is COc1cc(C)cc(N)c1.O=[N+]([O-])c1cc([N+](=O)[O-])c(O)c([N+](=O)[O-])c1. The van der Waals surface area contributed by atoms with Crippen LogP contribution in [0.3, 0.4) is 0 Å². The van der Waals surface area contributed by atoms with Gasteiger partial charge in [0.2, 0.25) is 0 Å². The number of aryl methyl sites for hydroxylation is 1. The van der Waals surface area contributed by atoms with Gasteiger partial charge in [-0.1, -0.05) is 0 Å². The lowest BCUT2D eigenvalue weighted by Gasteiger charge is -2.01. The zero-order valence-corrected chi connectivity index (χ0v) is 13.6. The van der Waals surface area contributed by atoms with E-state index in [0.717, 1.165) is 17.0 Å². The predicted molar refractivity (Wildman–Crippen MR) is 90.2 cm³/mol. The van der Waals surface area contributed by atoms with Crippen LogP contribution in [-0.4, -0.2) is 27.0 Å². The average Bonchev–Trinajstić information content (AvgIpc) is 2.53. The summed E-state index contributed by atoms with van der Waals surface area (Å²) in [4.78, 5) is 27.8. The highest BCUT2D eigenvalue weighted by atomic mass is 16.6. The highest BCUT2D eigenvalue weighted by molar-refractivity contribution is 5.64. The maximum Gasteiger partial charge on any atom is 0.324 e. The maximum absolute atomic E-state index is 10.4. The van der Waals surface area contributed by atoms with Gasteiger partial charge in [0.25, 0.3) is 11.4 Å². The monoisotopic (exact) mass is 366 g/mol. The molecule has 0 aliphatic carbocycles. The standard InChI is InChI=1S/C8H11NO.C6H3N3O7/c1-6-3-7(9)5-8(4-6)10-2;10-6-4(8(13)14)1-3(7(11)12)2-5(6)9(15)16/h3-5H,9H2,1-2H3;1-2,10H. The van der Waals surface area contributed by atoms with Crippen LogP contribution in [0.5, 0.6) is 11.5 Å². The van der Waals surface area contributed by atoms with Gasteiger partial charge in [0, 0.05) is 11.8 Å². The van der Waals surface area contributed by atoms with E-state index in [1.807, 2.05) is 19.1 Å². The number of nitro groups is 3. The van der Waals surface area contributed by atoms with Crippen LogP contribution in [0, 0.1) is 37.3 Å². The van der Waals surface area contributed by atoms with Crippen molar-refractivity contribution in [1.82, 2.24) is 0 Å². The van der Waals surface area contributed by atoms with Gasteiger partial charge < -0.3 is 15.6 Å². The van der Waals surface area contributed by atoms with Crippen LogP contribution in [0.2, 0.25) is 0 Å². The molecule has 0 saturated heterocycles. The molecule has 138 valence electrons. The Morgan fingerprint density at radius 3 is 1.77 bits per heavy atom. The molecule has 12 nitrogen and oxygen atoms in total. The minimum absolute atomic E-state index is 0.447. The molecule has 26 heavy (non-hydrogen) atoms. The van der Waals surface area contributed by atoms with Crippen LogP contribution in [-0.2, 0) is 0 Å². The molecule has 2 rings (SSSR count). The third-order valence-electron chi connectivity index (χ3n) is 2.97. The number of nitrogens with zero attached hydrogens (tertiary/aromatic N) is 3. The van der Waals surface area contributed by atoms with Gasteiger partial charge in [0.05, 0.1) is 34.0 Å². The van der Waals surface area contributed by atoms with E-state index in [1.54, 1.807) is 13.2 Å². The van der Waals surface area contributed by atoms with E-state index in [4.69, 9.17) is 15.6 Å². The fourth-order valence-corrected chi connectivity index (χ4v) is 1.87. The van der Waals surface area contributed by atoms with Gasteiger partial charge in [-0.15, -0.1) is 0 Å². The summed E-state index contributed by atoms with van der Waals surface area (Å²) in [5, 5.41) is 40.2. The lowest BCUT2D eigenvalue weighted by atomic mass is 10.2. The van der Waals surface area contributed by atoms with E-state index in [1.165, 1.54) is 0 Å². The number of nitrogen functional groups attached to an aromatic ring is 1. The van der Waals surface area contributed by atoms with Crippen LogP contribution in [0.4, 0.5) is 22.7 Å². The second-order valence-electron chi connectivity index (χ2n) is 4.89. The smallest absolute Gasteiger partial charge is 0.324 e. The molecule has 2 aromatic rings. The number of ether oxygens (including phenoxy) is 1. The van der Waals surface area contributed by atoms with Crippen molar-refractivity contribution >= 4 is 22.7 Å². The van der Waals surface area contributed by atoms with Crippen molar-refractivity contribution in [3.05, 3.63) is 66.2 Å². The second-order valence-corrected chi connectivity index (χ2v) is 4.89. The number of phenolic OH excluding ortho intramolecular Hbond substituents is 1. The summed E-state index contributed by atoms with van der Waals surface area (Å²) >= 11 is 0. The van der Waals surface area contributed by atoms with Gasteiger partial charge in [-0.05, 0) is 24.6 Å². The molecule has 0 spiro atoms. The molecule has 0 aliphatic heterocycles. The molecule has 0 unspecified atom stereocenters. The summed E-state index contributed by atoms with van der Waals surface area (Å²) < 4.78 is 5.00. The fourth-order valence-electron chi connectivity index (χ4n) is 1.87. The van der Waals surface area contributed by atoms with Crippen molar-refractivity contribution in [2.45, 2.75) is 6.92 Å². The van der Waals surface area contributed by atoms with Crippen LogP contribution in [0.1, 0.15) is 5.56 Å². The molecule has 3 N–H and O–H groups in total. The largest absolute Gasteiger partial charge is 0.497 e. The first-order valence-electron chi connectivity index (χ1n) is 6.78. The van der Waals surface area contributed by atoms with Crippen molar-refractivity contribution in [1.29, 1.82) is 0 Å². The molecule has 12 heteroatoms. The first kappa shape index (κ1) is 20.1. The van der Waals surface area contributed by atoms with Crippen molar-refractivity contribution < 1.29 is 24.6 Å². The molecule has 2 aromatic carbocycles. The molecule has 0 fully saturated rings. The Bertz CT molecular complexity index is 813. The number of hydrogen-bond acceptors (Lipinski definition) is 9. The summed E-state index contributed by atoms with van der Waals surface area (Å²) in [6.07, 6.45) is 0. The van der Waals surface area contributed by atoms with Crippen molar-refractivity contribution in [2.75, 3.05) is 12.8 Å². The molecule has 0 radical (unpaired) electrons. The van der Waals surface area contributed by atoms with Gasteiger partial charge in [-0.3, -0.25) is 30.3 Å². The Kier molecular flexibility index (Phi) is 6.36. The minimum atomic E-state index is -1.21. The fraction of sp³-hybridized carbons (Fsp3) is 0.143. The van der Waals surface area contributed by atoms with E-state index in [9.17, 15) is 30.3 Å². The summed E-state index contributed by atoms with van der Waals surface area (Å²) in [6, 6.07) is 6.54. The lowest BCUT2D eigenvalue weighted by Crippen LogP contribution is -1.97. The second kappa shape index (κ2) is 8.23. The Morgan fingerprint density at radius 1 is 0.923 bits per heavy atom. The molecular weight excluding hydrogens is 352 g/mol. The van der Waals surface area contributed by atoms with Gasteiger partial charge in [0.1, 0.15) is 5.75 Å². The van der Waals surface area contributed by atoms with Crippen LogP contribution in [0.15, 0.2) is 30.3 Å². The van der Waals surface area contributed by atoms with E-state index in [-0.39, 0.29) is 0 Å². The third kappa shape index (κ3) is 5.02. The topological polar surface area (TPSA) is 185 Å². The molecule has 0 saturated carbocycles. The van der Waals surface area contributed by atoms with Gasteiger partial charge >= 0.3 is 11.4 Å². The Labute approximate surface area is 145 Å². The number of aromatic hydroxyl groups is 1. The van der Waals surface area contributed by atoms with Crippen LogP contribution >= 0.6 is 0 Å². The predicted octanol–water partition coefficient (Wildman–Crippen LogP) is 2.70. The van der Waals surface area contributed by atoms with E-state index in [2.05, 4.69) is 0 Å². The number of benzene rings is 2. The molecule has 0 amide bonds. The van der Waals surface area contributed by atoms with Crippen molar-refractivity contribution in [3.63, 3.8) is 0 Å². The third-order valence-corrected chi connectivity index (χ3v) is 2.97. The highest BCUT2D eigenvalue weighted by Crippen LogP contribution is 2.38. The number of anilines is 1. The number of phenols is 1. The highest BCUT2D eigenvalue weighted by Gasteiger charge is 2.30. The van der Waals surface area contributed by atoms with E-state index in [0.29, 0.717) is 12.1 Å². The molecule has 0 heterocycles. The Balaban J connectivity index is 0.000000289. The summed E-state index contributed by atoms with van der Waals surface area (Å²) in [6.45, 7) is 1.98. The lowest BCUT2D eigenvalue weighted by molar-refractivity contribution is -0.404. The molecule has 0 bridgehead atoms. The normalized spacial score (nSPS) is 9.62. The Hall–Kier alpha value is -3.96. The molecular formula is C14H14N4O8. The number of non-ortho nitro benzene ring substituents is 1. The zero-order valence-electron chi connectivity index (χ0n) is 13.6. The molecule has 0 aliphatic rings. The summed E-state index contributed by atoms with van der Waals surface area (Å²) in [5.41, 5.74) is 4.42. The average molecular weight is 366 g/mol. The van der Waals surface area contributed by atoms with Crippen molar-refractivity contribution in [3.8, 4) is 11.5 Å². The first-order chi connectivity index (χ1) is 12.1. The Morgan fingerprint density at radius 2 is 1.42 bits per heavy atom. The number of hydrogen-bond donors (Lipinski definition) is 2. The first-order valence-corrected chi connectivity index (χ1v) is 6.78. The number of methoxy groups -OCH3 is 1. The molecule has 0 aromatic heterocycles. The number of rotatable bonds is 4. The zero-order chi connectivity index (χ0) is 20.0. The van der Waals surface area contributed by atoms with Crippen LogP contribution in [0.25, 0.3) is 0 Å². The van der Waals surface area contributed by atoms with E-state index < -0.39 is 37.6 Å². The van der Waals surface area contributed by atoms with Gasteiger partial charge in [0.15, 0.2) is 0 Å². The quantitative estimate of drug-likeness (QED) is 0.466. The summed E-state index contributed by atoms with van der Waals surface area (Å²) in [5.74, 6) is -0.391. The minimum Gasteiger partial charge on any atom is -0.497 e. The number of nitrogens with two attached hydrogens (primary N) is 1. The number of nitro benzene ring substituents is 3. The maximum atomic E-state index is 10.4. The summed E-state index contributed by atoms with van der Waals surface area (Å²) in [7, 11) is 1.63.